The van der Waals surface area contributed by atoms with Crippen LogP contribution in [0, 0.1) is 11.2 Å². The second-order valence-corrected chi connectivity index (χ2v) is 10.2. The first-order valence-electron chi connectivity index (χ1n) is 12.2. The Labute approximate surface area is 235 Å². The molecular weight excluding hydrogens is 551 g/mol. The maximum atomic E-state index is 13.0. The molecule has 0 aliphatic rings. The van der Waals surface area contributed by atoms with E-state index in [-0.39, 0.29) is 28.8 Å². The molecule has 0 heterocycles. The average molecular weight is 577 g/mol. The van der Waals surface area contributed by atoms with Crippen LogP contribution in [-0.2, 0) is 16.4 Å². The van der Waals surface area contributed by atoms with E-state index in [0.29, 0.717) is 23.1 Å². The Kier molecular flexibility index (Phi) is 9.07. The number of primary sulfonamides is 1. The highest BCUT2D eigenvalue weighted by atomic mass is 32.2. The molecule has 0 aromatic heterocycles. The highest BCUT2D eigenvalue weighted by Crippen LogP contribution is 2.28. The summed E-state index contributed by atoms with van der Waals surface area (Å²) in [5, 5.41) is 18.4. The topological polar surface area (TPSA) is 161 Å². The van der Waals surface area contributed by atoms with Crippen molar-refractivity contribution in [3.63, 3.8) is 0 Å². The largest absolute Gasteiger partial charge is 0.418 e. The summed E-state index contributed by atoms with van der Waals surface area (Å²) in [6.07, 6.45) is -1.16. The Morgan fingerprint density at radius 1 is 0.829 bits per heavy atom. The summed E-state index contributed by atoms with van der Waals surface area (Å²) in [6.45, 7) is 0.232. The monoisotopic (exact) mass is 576 g/mol. The number of nitrogens with one attached hydrogen (secondary N) is 3. The summed E-state index contributed by atoms with van der Waals surface area (Å²) in [7, 11) is -3.91. The number of benzene rings is 4. The van der Waals surface area contributed by atoms with Crippen molar-refractivity contribution in [3.8, 4) is 22.6 Å². The van der Waals surface area contributed by atoms with Crippen molar-refractivity contribution in [1.82, 2.24) is 10.6 Å². The molecule has 2 amide bonds. The van der Waals surface area contributed by atoms with E-state index in [0.717, 1.165) is 17.7 Å². The van der Waals surface area contributed by atoms with Crippen molar-refractivity contribution in [3.05, 3.63) is 114 Å². The molecule has 0 aliphatic heterocycles. The highest BCUT2D eigenvalue weighted by molar-refractivity contribution is 7.89. The SMILES string of the molecule is N=C(NC(=O)Oc1ccc(F)cc1)c1cccc(CCNC(=O)Oc2ccc(-c3ccccc3S(N)(=O)=O)cc2)c1. The van der Waals surface area contributed by atoms with E-state index in [2.05, 4.69) is 10.6 Å². The van der Waals surface area contributed by atoms with Crippen molar-refractivity contribution in [2.75, 3.05) is 6.54 Å². The third-order valence-corrected chi connectivity index (χ3v) is 6.69. The van der Waals surface area contributed by atoms with E-state index in [9.17, 15) is 22.4 Å². The number of hydrogen-bond acceptors (Lipinski definition) is 7. The van der Waals surface area contributed by atoms with Crippen LogP contribution in [0.4, 0.5) is 14.0 Å². The van der Waals surface area contributed by atoms with Crippen LogP contribution in [0.2, 0.25) is 0 Å². The maximum absolute atomic E-state index is 13.0. The van der Waals surface area contributed by atoms with Gasteiger partial charge in [-0.2, -0.15) is 0 Å². The standard InChI is InChI=1S/C29H25FN4O6S/c30-22-10-14-24(15-11-22)40-29(36)34-27(31)21-5-3-4-19(18-21)16-17-33-28(35)39-23-12-8-20(9-13-23)25-6-1-2-7-26(25)41(32,37)38/h1-15,18H,16-17H2,(H,33,35)(H2,31,34,36)(H2,32,37,38). The van der Waals surface area contributed by atoms with Crippen LogP contribution in [0.5, 0.6) is 11.5 Å². The first kappa shape index (κ1) is 28.9. The smallest absolute Gasteiger partial charge is 0.410 e. The third kappa shape index (κ3) is 8.21. The van der Waals surface area contributed by atoms with Crippen LogP contribution in [0.15, 0.2) is 102 Å². The molecule has 0 radical (unpaired) electrons. The van der Waals surface area contributed by atoms with Crippen molar-refractivity contribution in [1.29, 1.82) is 5.41 Å². The summed E-state index contributed by atoms with van der Waals surface area (Å²) in [5.41, 5.74) is 2.23. The zero-order valence-corrected chi connectivity index (χ0v) is 22.3. The number of amides is 2. The molecule has 5 N–H and O–H groups in total. The molecule has 4 aromatic rings. The average Bonchev–Trinajstić information content (AvgIpc) is 2.94. The Hall–Kier alpha value is -5.07. The first-order valence-corrected chi connectivity index (χ1v) is 13.7. The van der Waals surface area contributed by atoms with Crippen molar-refractivity contribution < 1.29 is 31.9 Å². The Morgan fingerprint density at radius 2 is 1.46 bits per heavy atom. The molecule has 41 heavy (non-hydrogen) atoms. The predicted molar refractivity (Wildman–Crippen MR) is 150 cm³/mol. The van der Waals surface area contributed by atoms with Gasteiger partial charge in [0, 0.05) is 17.7 Å². The zero-order chi connectivity index (χ0) is 29.4. The molecule has 0 bridgehead atoms. The second kappa shape index (κ2) is 12.9. The number of carbonyl (C=O) groups excluding carboxylic acids is 2. The number of sulfonamides is 1. The van der Waals surface area contributed by atoms with Crippen molar-refractivity contribution in [2.24, 2.45) is 5.14 Å². The van der Waals surface area contributed by atoms with Gasteiger partial charge in [-0.1, -0.05) is 48.5 Å². The minimum atomic E-state index is -3.91. The molecule has 0 saturated carbocycles. The van der Waals surface area contributed by atoms with Crippen LogP contribution in [0.1, 0.15) is 11.1 Å². The van der Waals surface area contributed by atoms with Gasteiger partial charge < -0.3 is 14.8 Å². The normalized spacial score (nSPS) is 10.9. The van der Waals surface area contributed by atoms with Gasteiger partial charge in [0.15, 0.2) is 0 Å². The van der Waals surface area contributed by atoms with Crippen LogP contribution in [-0.4, -0.2) is 33.0 Å². The van der Waals surface area contributed by atoms with E-state index < -0.39 is 28.0 Å². The molecule has 210 valence electrons. The lowest BCUT2D eigenvalue weighted by Gasteiger charge is -2.11. The van der Waals surface area contributed by atoms with E-state index in [1.54, 1.807) is 54.6 Å². The van der Waals surface area contributed by atoms with Gasteiger partial charge in [-0.25, -0.2) is 27.5 Å². The number of hydrogen-bond donors (Lipinski definition) is 4. The van der Waals surface area contributed by atoms with Gasteiger partial charge in [-0.05, 0) is 66.1 Å². The summed E-state index contributed by atoms with van der Waals surface area (Å²) >= 11 is 0. The molecule has 10 nitrogen and oxygen atoms in total. The number of nitrogens with two attached hydrogens (primary N) is 1. The summed E-state index contributed by atoms with van der Waals surface area (Å²) in [4.78, 5) is 24.3. The molecule has 4 rings (SSSR count). The number of carbonyl (C=O) groups is 2. The molecule has 0 fully saturated rings. The Morgan fingerprint density at radius 3 is 2.15 bits per heavy atom. The third-order valence-electron chi connectivity index (χ3n) is 5.72. The highest BCUT2D eigenvalue weighted by Gasteiger charge is 2.15. The molecule has 4 aromatic carbocycles. The molecule has 0 aliphatic carbocycles. The number of rotatable bonds is 8. The Bertz CT molecular complexity index is 1680. The second-order valence-electron chi connectivity index (χ2n) is 8.68. The fraction of sp³-hybridized carbons (Fsp3) is 0.0690. The Balaban J connectivity index is 1.26. The van der Waals surface area contributed by atoms with Gasteiger partial charge in [-0.15, -0.1) is 0 Å². The van der Waals surface area contributed by atoms with E-state index in [1.807, 2.05) is 0 Å². The fourth-order valence-electron chi connectivity index (χ4n) is 3.80. The predicted octanol–water partition coefficient (Wildman–Crippen LogP) is 4.59. The van der Waals surface area contributed by atoms with Crippen molar-refractivity contribution >= 4 is 28.0 Å². The molecule has 12 heteroatoms. The van der Waals surface area contributed by atoms with Crippen LogP contribution in [0.3, 0.4) is 0 Å². The quantitative estimate of drug-likeness (QED) is 0.177. The number of amidine groups is 1. The zero-order valence-electron chi connectivity index (χ0n) is 21.5. The lowest BCUT2D eigenvalue weighted by atomic mass is 10.1. The lowest BCUT2D eigenvalue weighted by molar-refractivity contribution is 0.200. The maximum Gasteiger partial charge on any atom is 0.418 e. The van der Waals surface area contributed by atoms with Gasteiger partial charge in [0.25, 0.3) is 0 Å². The summed E-state index contributed by atoms with van der Waals surface area (Å²) in [6, 6.07) is 24.4. The number of ether oxygens (including phenoxy) is 2. The minimum absolute atomic E-state index is 0.00803. The fourth-order valence-corrected chi connectivity index (χ4v) is 4.56. The molecular formula is C29H25FN4O6S. The summed E-state index contributed by atoms with van der Waals surface area (Å²) < 4.78 is 47.0. The molecule has 0 saturated heterocycles. The van der Waals surface area contributed by atoms with Crippen molar-refractivity contribution in [2.45, 2.75) is 11.3 Å². The summed E-state index contributed by atoms with van der Waals surface area (Å²) in [5.74, 6) is -0.271. The van der Waals surface area contributed by atoms with Gasteiger partial charge in [0.2, 0.25) is 10.0 Å². The molecule has 0 spiro atoms. The van der Waals surface area contributed by atoms with Crippen LogP contribution >= 0.6 is 0 Å². The van der Waals surface area contributed by atoms with E-state index in [1.165, 1.54) is 30.3 Å². The van der Waals surface area contributed by atoms with Gasteiger partial charge in [0.05, 0.1) is 4.90 Å². The molecule has 0 atom stereocenters. The lowest BCUT2D eigenvalue weighted by Crippen LogP contribution is -2.33. The van der Waals surface area contributed by atoms with Crippen LogP contribution in [0.25, 0.3) is 11.1 Å². The minimum Gasteiger partial charge on any atom is -0.410 e. The molecule has 0 unspecified atom stereocenters. The van der Waals surface area contributed by atoms with E-state index in [4.69, 9.17) is 20.0 Å². The first-order chi connectivity index (χ1) is 19.6. The van der Waals surface area contributed by atoms with Gasteiger partial charge >= 0.3 is 12.2 Å². The van der Waals surface area contributed by atoms with Gasteiger partial charge in [-0.3, -0.25) is 10.7 Å². The van der Waals surface area contributed by atoms with Gasteiger partial charge in [0.1, 0.15) is 23.2 Å². The van der Waals surface area contributed by atoms with E-state index >= 15 is 0 Å². The number of halogens is 1. The van der Waals surface area contributed by atoms with Crippen LogP contribution < -0.4 is 25.2 Å².